The van der Waals surface area contributed by atoms with E-state index < -0.39 is 0 Å². The van der Waals surface area contributed by atoms with Crippen LogP contribution in [-0.2, 0) is 11.4 Å². The van der Waals surface area contributed by atoms with Gasteiger partial charge in [0.25, 0.3) is 0 Å². The first-order valence-corrected chi connectivity index (χ1v) is 11.4. The number of ether oxygens (including phenoxy) is 2. The molecule has 4 rings (SSSR count). The van der Waals surface area contributed by atoms with Gasteiger partial charge in [0.1, 0.15) is 18.2 Å². The van der Waals surface area contributed by atoms with E-state index in [1.165, 1.54) is 0 Å². The lowest BCUT2D eigenvalue weighted by atomic mass is 10.1. The lowest BCUT2D eigenvalue weighted by molar-refractivity contribution is -0.126. The summed E-state index contributed by atoms with van der Waals surface area (Å²) in [6, 6.07) is 9.19. The molecule has 9 heteroatoms. The Morgan fingerprint density at radius 3 is 2.65 bits per heavy atom. The van der Waals surface area contributed by atoms with Crippen LogP contribution in [0, 0.1) is 13.8 Å². The maximum absolute atomic E-state index is 12.7. The molecule has 0 saturated carbocycles. The summed E-state index contributed by atoms with van der Waals surface area (Å²) in [6.45, 7) is 6.64. The van der Waals surface area contributed by atoms with E-state index in [-0.39, 0.29) is 5.91 Å². The normalized spacial score (nSPS) is 14.0. The summed E-state index contributed by atoms with van der Waals surface area (Å²) in [5.74, 6) is 2.65. The average molecular weight is 483 g/mol. The van der Waals surface area contributed by atoms with Crippen molar-refractivity contribution in [3.05, 3.63) is 70.2 Å². The number of hydrogen-bond donors (Lipinski definition) is 0. The van der Waals surface area contributed by atoms with Crippen LogP contribution in [0.1, 0.15) is 22.6 Å². The number of benzene rings is 1. The van der Waals surface area contributed by atoms with Crippen molar-refractivity contribution < 1.29 is 18.8 Å². The number of amides is 1. The zero-order valence-electron chi connectivity index (χ0n) is 19.5. The van der Waals surface area contributed by atoms with E-state index >= 15 is 0 Å². The van der Waals surface area contributed by atoms with Crippen LogP contribution in [0.3, 0.4) is 0 Å². The number of piperazine rings is 1. The standard InChI is InChI=1S/C25H27ClN4O4/c1-17-20(18(2)34-28-17)16-33-22-8-6-19(15-23(22)32-3)7-9-24(31)29-11-13-30(14-12-29)25-21(26)5-4-10-27-25/h4-10,15H,11-14,16H2,1-3H3/b9-7+. The Morgan fingerprint density at radius 1 is 1.18 bits per heavy atom. The predicted octanol–water partition coefficient (Wildman–Crippen LogP) is 4.29. The van der Waals surface area contributed by atoms with Crippen molar-refractivity contribution in [2.24, 2.45) is 0 Å². The summed E-state index contributed by atoms with van der Waals surface area (Å²) in [6.07, 6.45) is 5.09. The number of aromatic nitrogens is 2. The van der Waals surface area contributed by atoms with E-state index in [2.05, 4.69) is 15.0 Å². The third kappa shape index (κ3) is 5.34. The number of halogens is 1. The van der Waals surface area contributed by atoms with Gasteiger partial charge in [-0.15, -0.1) is 0 Å². The molecular formula is C25H27ClN4O4. The Kier molecular flexibility index (Phi) is 7.37. The minimum atomic E-state index is -0.0375. The van der Waals surface area contributed by atoms with Gasteiger partial charge in [-0.05, 0) is 49.8 Å². The van der Waals surface area contributed by atoms with Gasteiger partial charge in [-0.2, -0.15) is 0 Å². The number of anilines is 1. The fourth-order valence-corrected chi connectivity index (χ4v) is 4.03. The van der Waals surface area contributed by atoms with Crippen LogP contribution in [0.4, 0.5) is 5.82 Å². The number of methoxy groups -OCH3 is 1. The lowest BCUT2D eigenvalue weighted by Gasteiger charge is -2.35. The van der Waals surface area contributed by atoms with E-state index in [9.17, 15) is 4.79 Å². The molecule has 1 aromatic carbocycles. The maximum Gasteiger partial charge on any atom is 0.246 e. The van der Waals surface area contributed by atoms with Crippen LogP contribution in [0.25, 0.3) is 6.08 Å². The summed E-state index contributed by atoms with van der Waals surface area (Å²) in [4.78, 5) is 21.0. The van der Waals surface area contributed by atoms with E-state index in [0.717, 1.165) is 28.4 Å². The molecule has 0 atom stereocenters. The zero-order chi connectivity index (χ0) is 24.1. The SMILES string of the molecule is COc1cc(/C=C/C(=O)N2CCN(c3ncccc3Cl)CC2)ccc1OCc1c(C)noc1C. The Balaban J connectivity index is 1.35. The Hall–Kier alpha value is -3.52. The first-order chi connectivity index (χ1) is 16.5. The van der Waals surface area contributed by atoms with Gasteiger partial charge >= 0.3 is 0 Å². The number of nitrogens with zero attached hydrogens (tertiary/aromatic N) is 4. The topological polar surface area (TPSA) is 80.9 Å². The maximum atomic E-state index is 12.7. The number of hydrogen-bond acceptors (Lipinski definition) is 7. The predicted molar refractivity (Wildman–Crippen MR) is 130 cm³/mol. The average Bonchev–Trinajstić information content (AvgIpc) is 3.18. The van der Waals surface area contributed by atoms with E-state index in [1.807, 2.05) is 49.1 Å². The molecule has 8 nitrogen and oxygen atoms in total. The molecule has 0 spiro atoms. The summed E-state index contributed by atoms with van der Waals surface area (Å²) in [5, 5.41) is 4.57. The monoisotopic (exact) mass is 482 g/mol. The number of aryl methyl sites for hydroxylation is 2. The van der Waals surface area contributed by atoms with Gasteiger partial charge < -0.3 is 23.8 Å². The van der Waals surface area contributed by atoms with Crippen molar-refractivity contribution >= 4 is 29.4 Å². The molecule has 1 aliphatic rings. The van der Waals surface area contributed by atoms with Crippen molar-refractivity contribution in [3.8, 4) is 11.5 Å². The first-order valence-electron chi connectivity index (χ1n) is 11.0. The second kappa shape index (κ2) is 10.6. The van der Waals surface area contributed by atoms with E-state index in [1.54, 1.807) is 25.5 Å². The van der Waals surface area contributed by atoms with Crippen molar-refractivity contribution in [1.29, 1.82) is 0 Å². The highest BCUT2D eigenvalue weighted by molar-refractivity contribution is 6.32. The summed E-state index contributed by atoms with van der Waals surface area (Å²) in [7, 11) is 1.59. The van der Waals surface area contributed by atoms with Gasteiger partial charge in [0.15, 0.2) is 11.5 Å². The smallest absolute Gasteiger partial charge is 0.246 e. The van der Waals surface area contributed by atoms with E-state index in [0.29, 0.717) is 49.3 Å². The molecule has 0 unspecified atom stereocenters. The lowest BCUT2D eigenvalue weighted by Crippen LogP contribution is -2.48. The molecule has 3 heterocycles. The second-order valence-corrected chi connectivity index (χ2v) is 8.36. The van der Waals surface area contributed by atoms with Gasteiger partial charge in [0.2, 0.25) is 5.91 Å². The third-order valence-corrected chi connectivity index (χ3v) is 6.08. The highest BCUT2D eigenvalue weighted by Gasteiger charge is 2.22. The summed E-state index contributed by atoms with van der Waals surface area (Å²) < 4.78 is 16.6. The second-order valence-electron chi connectivity index (χ2n) is 7.96. The number of pyridine rings is 1. The molecule has 0 aliphatic carbocycles. The van der Waals surface area contributed by atoms with Crippen LogP contribution in [0.15, 0.2) is 47.1 Å². The van der Waals surface area contributed by atoms with Gasteiger partial charge in [-0.3, -0.25) is 4.79 Å². The molecule has 178 valence electrons. The minimum absolute atomic E-state index is 0.0375. The fourth-order valence-electron chi connectivity index (χ4n) is 3.79. The Labute approximate surface area is 203 Å². The van der Waals surface area contributed by atoms with Gasteiger partial charge in [0, 0.05) is 38.5 Å². The van der Waals surface area contributed by atoms with Crippen molar-refractivity contribution in [1.82, 2.24) is 15.0 Å². The number of rotatable bonds is 7. The largest absolute Gasteiger partial charge is 0.493 e. The van der Waals surface area contributed by atoms with Crippen LogP contribution in [-0.4, -0.2) is 54.2 Å². The van der Waals surface area contributed by atoms with Crippen molar-refractivity contribution in [2.45, 2.75) is 20.5 Å². The third-order valence-electron chi connectivity index (χ3n) is 5.79. The molecule has 0 N–H and O–H groups in total. The zero-order valence-corrected chi connectivity index (χ0v) is 20.2. The summed E-state index contributed by atoms with van der Waals surface area (Å²) in [5.41, 5.74) is 2.56. The van der Waals surface area contributed by atoms with Crippen molar-refractivity contribution in [3.63, 3.8) is 0 Å². The fraction of sp³-hybridized carbons (Fsp3) is 0.320. The molecule has 1 aliphatic heterocycles. The molecule has 2 aromatic heterocycles. The van der Waals surface area contributed by atoms with Crippen molar-refractivity contribution in [2.75, 3.05) is 38.2 Å². The molecule has 34 heavy (non-hydrogen) atoms. The molecule has 0 bridgehead atoms. The number of carbonyl (C=O) groups is 1. The number of carbonyl (C=O) groups excluding carboxylic acids is 1. The van der Waals surface area contributed by atoms with Gasteiger partial charge in [-0.25, -0.2) is 4.98 Å². The van der Waals surface area contributed by atoms with Gasteiger partial charge in [0.05, 0.1) is 23.4 Å². The Bertz CT molecular complexity index is 1170. The van der Waals surface area contributed by atoms with Crippen LogP contribution in [0.5, 0.6) is 11.5 Å². The molecule has 0 radical (unpaired) electrons. The van der Waals surface area contributed by atoms with E-state index in [4.69, 9.17) is 25.6 Å². The highest BCUT2D eigenvalue weighted by Crippen LogP contribution is 2.30. The van der Waals surface area contributed by atoms with Crippen LogP contribution < -0.4 is 14.4 Å². The molecule has 1 fully saturated rings. The quantitative estimate of drug-likeness (QED) is 0.464. The molecule has 3 aromatic rings. The Morgan fingerprint density at radius 2 is 1.97 bits per heavy atom. The first kappa shape index (κ1) is 23.6. The summed E-state index contributed by atoms with van der Waals surface area (Å²) >= 11 is 6.25. The minimum Gasteiger partial charge on any atom is -0.493 e. The van der Waals surface area contributed by atoms with Crippen LogP contribution >= 0.6 is 11.6 Å². The van der Waals surface area contributed by atoms with Crippen LogP contribution in [0.2, 0.25) is 5.02 Å². The molecule has 1 amide bonds. The highest BCUT2D eigenvalue weighted by atomic mass is 35.5. The molecule has 1 saturated heterocycles. The molecular weight excluding hydrogens is 456 g/mol. The van der Waals surface area contributed by atoms with Gasteiger partial charge in [-0.1, -0.05) is 22.8 Å².